The van der Waals surface area contributed by atoms with Gasteiger partial charge in [0.25, 0.3) is 0 Å². The van der Waals surface area contributed by atoms with Crippen LogP contribution >= 0.6 is 0 Å². The van der Waals surface area contributed by atoms with E-state index in [9.17, 15) is 9.59 Å². The van der Waals surface area contributed by atoms with Crippen LogP contribution in [0.3, 0.4) is 0 Å². The molecule has 0 aliphatic rings. The minimum atomic E-state index is -0.482. The number of carbonyl (C=O) groups is 2. The highest BCUT2D eigenvalue weighted by Gasteiger charge is 2.13. The number of esters is 2. The zero-order valence-corrected chi connectivity index (χ0v) is 9.06. The predicted octanol–water partition coefficient (Wildman–Crippen LogP) is 1.61. The highest BCUT2D eigenvalue weighted by Crippen LogP contribution is 2.06. The Labute approximate surface area is 89.6 Å². The van der Waals surface area contributed by atoms with Crippen LogP contribution in [0.25, 0.3) is 0 Å². The van der Waals surface area contributed by atoms with E-state index in [-0.39, 0.29) is 12.2 Å². The van der Waals surface area contributed by atoms with E-state index in [1.54, 1.807) is 13.8 Å². The van der Waals surface area contributed by atoms with Crippen LogP contribution in [0.2, 0.25) is 0 Å². The molecular formula is C11H16O4. The molecule has 84 valence electrons. The lowest BCUT2D eigenvalue weighted by atomic mass is 10.2. The molecule has 0 aromatic carbocycles. The predicted molar refractivity (Wildman–Crippen MR) is 56.1 cm³/mol. The van der Waals surface area contributed by atoms with Crippen LogP contribution in [0, 0.1) is 0 Å². The van der Waals surface area contributed by atoms with Crippen molar-refractivity contribution in [2.45, 2.75) is 32.5 Å². The molecule has 4 heteroatoms. The summed E-state index contributed by atoms with van der Waals surface area (Å²) in [5.74, 6) is -0.963. The largest absolute Gasteiger partial charge is 0.459 e. The summed E-state index contributed by atoms with van der Waals surface area (Å²) in [5.41, 5.74) is 0. The summed E-state index contributed by atoms with van der Waals surface area (Å²) in [6.07, 6.45) is 2.00. The minimum Gasteiger partial charge on any atom is -0.459 e. The van der Waals surface area contributed by atoms with Crippen molar-refractivity contribution in [2.24, 2.45) is 0 Å². The molecule has 0 amide bonds. The van der Waals surface area contributed by atoms with Crippen LogP contribution in [0.1, 0.15) is 20.3 Å². The van der Waals surface area contributed by atoms with E-state index >= 15 is 0 Å². The van der Waals surface area contributed by atoms with Crippen molar-refractivity contribution < 1.29 is 19.1 Å². The van der Waals surface area contributed by atoms with Gasteiger partial charge >= 0.3 is 11.9 Å². The number of carbonyl (C=O) groups excluding carboxylic acids is 2. The van der Waals surface area contributed by atoms with E-state index in [1.165, 1.54) is 0 Å². The van der Waals surface area contributed by atoms with Gasteiger partial charge in [0.2, 0.25) is 0 Å². The number of hydrogen-bond donors (Lipinski definition) is 0. The fourth-order valence-electron chi connectivity index (χ4n) is 1.06. The monoisotopic (exact) mass is 212 g/mol. The van der Waals surface area contributed by atoms with Gasteiger partial charge in [-0.05, 0) is 13.8 Å². The first kappa shape index (κ1) is 13.4. The zero-order chi connectivity index (χ0) is 11.8. The third-order valence-electron chi connectivity index (χ3n) is 1.63. The molecule has 0 saturated heterocycles. The van der Waals surface area contributed by atoms with Crippen molar-refractivity contribution in [3.8, 4) is 0 Å². The van der Waals surface area contributed by atoms with Gasteiger partial charge in [-0.15, -0.1) is 0 Å². The summed E-state index contributed by atoms with van der Waals surface area (Å²) in [6, 6.07) is 0. The molecule has 0 radical (unpaired) electrons. The first-order chi connectivity index (χ1) is 6.99. The van der Waals surface area contributed by atoms with Crippen LogP contribution in [-0.4, -0.2) is 24.1 Å². The van der Waals surface area contributed by atoms with Crippen molar-refractivity contribution in [2.75, 3.05) is 0 Å². The SMILES string of the molecule is C=CC(=O)OC(C)CC(C)OC(=O)C=C. The molecule has 4 nitrogen and oxygen atoms in total. The molecular weight excluding hydrogens is 196 g/mol. The summed E-state index contributed by atoms with van der Waals surface area (Å²) in [4.78, 5) is 21.6. The van der Waals surface area contributed by atoms with Gasteiger partial charge in [0.15, 0.2) is 0 Å². The standard InChI is InChI=1S/C11H16O4/c1-5-10(12)14-8(3)7-9(4)15-11(13)6-2/h5-6,8-9H,1-2,7H2,3-4H3. The molecule has 0 aliphatic heterocycles. The summed E-state index contributed by atoms with van der Waals surface area (Å²) in [5, 5.41) is 0. The van der Waals surface area contributed by atoms with Crippen LogP contribution < -0.4 is 0 Å². The molecule has 0 fully saturated rings. The molecule has 0 aromatic heterocycles. The second kappa shape index (κ2) is 6.81. The maximum Gasteiger partial charge on any atom is 0.330 e. The normalized spacial score (nSPS) is 13.5. The quantitative estimate of drug-likeness (QED) is 0.496. The van der Waals surface area contributed by atoms with Gasteiger partial charge in [-0.2, -0.15) is 0 Å². The summed E-state index contributed by atoms with van der Waals surface area (Å²) in [7, 11) is 0. The fourth-order valence-corrected chi connectivity index (χ4v) is 1.06. The van der Waals surface area contributed by atoms with E-state index in [1.807, 2.05) is 0 Å². The summed E-state index contributed by atoms with van der Waals surface area (Å²) in [6.45, 7) is 10.0. The summed E-state index contributed by atoms with van der Waals surface area (Å²) < 4.78 is 9.82. The highest BCUT2D eigenvalue weighted by atomic mass is 16.6. The minimum absolute atomic E-state index is 0.317. The lowest BCUT2D eigenvalue weighted by molar-refractivity contribution is -0.147. The molecule has 0 rings (SSSR count). The van der Waals surface area contributed by atoms with Gasteiger partial charge in [0.05, 0.1) is 0 Å². The highest BCUT2D eigenvalue weighted by molar-refractivity contribution is 5.81. The van der Waals surface area contributed by atoms with E-state index in [2.05, 4.69) is 13.2 Å². The van der Waals surface area contributed by atoms with Gasteiger partial charge in [0, 0.05) is 18.6 Å². The Morgan fingerprint density at radius 2 is 1.40 bits per heavy atom. The van der Waals surface area contributed by atoms with Gasteiger partial charge in [-0.1, -0.05) is 13.2 Å². The molecule has 15 heavy (non-hydrogen) atoms. The van der Waals surface area contributed by atoms with Crippen LogP contribution in [-0.2, 0) is 19.1 Å². The van der Waals surface area contributed by atoms with E-state index in [4.69, 9.17) is 9.47 Å². The smallest absolute Gasteiger partial charge is 0.330 e. The Balaban J connectivity index is 3.89. The van der Waals surface area contributed by atoms with Crippen molar-refractivity contribution in [3.05, 3.63) is 25.3 Å². The van der Waals surface area contributed by atoms with E-state index in [0.717, 1.165) is 12.2 Å². The van der Waals surface area contributed by atoms with Crippen LogP contribution in [0.15, 0.2) is 25.3 Å². The number of rotatable bonds is 6. The third-order valence-corrected chi connectivity index (χ3v) is 1.63. The summed E-state index contributed by atoms with van der Waals surface area (Å²) >= 11 is 0. The Kier molecular flexibility index (Phi) is 6.09. The van der Waals surface area contributed by atoms with Gasteiger partial charge in [-0.3, -0.25) is 0 Å². The first-order valence-corrected chi connectivity index (χ1v) is 4.65. The molecule has 0 bridgehead atoms. The molecule has 2 unspecified atom stereocenters. The lowest BCUT2D eigenvalue weighted by Gasteiger charge is -2.17. The zero-order valence-electron chi connectivity index (χ0n) is 9.06. The second-order valence-corrected chi connectivity index (χ2v) is 3.14. The average molecular weight is 212 g/mol. The Bertz CT molecular complexity index is 231. The fraction of sp³-hybridized carbons (Fsp3) is 0.455. The molecule has 0 spiro atoms. The second-order valence-electron chi connectivity index (χ2n) is 3.14. The maximum atomic E-state index is 10.8. The number of hydrogen-bond acceptors (Lipinski definition) is 4. The topological polar surface area (TPSA) is 52.6 Å². The van der Waals surface area contributed by atoms with Gasteiger partial charge in [-0.25, -0.2) is 9.59 Å². The van der Waals surface area contributed by atoms with Crippen molar-refractivity contribution in [1.29, 1.82) is 0 Å². The molecule has 2 atom stereocenters. The van der Waals surface area contributed by atoms with Gasteiger partial charge < -0.3 is 9.47 Å². The average Bonchev–Trinajstić information content (AvgIpc) is 2.16. The molecule has 0 N–H and O–H groups in total. The van der Waals surface area contributed by atoms with Crippen LogP contribution in [0.4, 0.5) is 0 Å². The number of ether oxygens (including phenoxy) is 2. The van der Waals surface area contributed by atoms with Crippen molar-refractivity contribution >= 4 is 11.9 Å². The molecule has 0 aliphatic carbocycles. The van der Waals surface area contributed by atoms with Crippen molar-refractivity contribution in [3.63, 3.8) is 0 Å². The Morgan fingerprint density at radius 1 is 1.07 bits per heavy atom. The van der Waals surface area contributed by atoms with Crippen molar-refractivity contribution in [1.82, 2.24) is 0 Å². The van der Waals surface area contributed by atoms with Crippen LogP contribution in [0.5, 0.6) is 0 Å². The van der Waals surface area contributed by atoms with E-state index in [0.29, 0.717) is 6.42 Å². The molecule has 0 aromatic rings. The van der Waals surface area contributed by atoms with Gasteiger partial charge in [0.1, 0.15) is 12.2 Å². The Morgan fingerprint density at radius 3 is 1.67 bits per heavy atom. The first-order valence-electron chi connectivity index (χ1n) is 4.65. The Hall–Kier alpha value is -1.58. The molecule has 0 heterocycles. The molecule has 0 saturated carbocycles. The third kappa shape index (κ3) is 6.49. The maximum absolute atomic E-state index is 10.8. The lowest BCUT2D eigenvalue weighted by Crippen LogP contribution is -2.22. The van der Waals surface area contributed by atoms with E-state index < -0.39 is 11.9 Å².